The first-order valence-corrected chi connectivity index (χ1v) is 14.4. The summed E-state index contributed by atoms with van der Waals surface area (Å²) in [5.74, 6) is -2.19. The Morgan fingerprint density at radius 1 is 0.841 bits per heavy atom. The number of ketones is 1. The molecule has 1 amide bonds. The zero-order chi connectivity index (χ0) is 31.6. The van der Waals surface area contributed by atoms with Crippen LogP contribution in [-0.4, -0.2) is 27.9 Å². The summed E-state index contributed by atoms with van der Waals surface area (Å²) in [5, 5.41) is 20.8. The summed E-state index contributed by atoms with van der Waals surface area (Å²) in [6.07, 6.45) is -0.165. The molecule has 0 radical (unpaired) electrons. The second-order valence-electron chi connectivity index (χ2n) is 12.0. The first-order chi connectivity index (χ1) is 20.9. The molecule has 4 aromatic rings. The zero-order valence-corrected chi connectivity index (χ0v) is 25.2. The standard InChI is InChI=1S/C37H35NO6/c1-23-20-27(14-19-30(23)44-22-25-8-6-5-7-9-25)34(41)32-33(26-12-15-28(16-13-26)37(2,3)4)38(36(43)35(32)42)29-17-10-24(11-18-29)21-31(39)40/h5-20,33,41H,21-22H2,1-4H3,(H,39,40)/b34-32-. The number of amides is 1. The third-order valence-electron chi connectivity index (χ3n) is 7.79. The molecule has 224 valence electrons. The summed E-state index contributed by atoms with van der Waals surface area (Å²) in [5.41, 5.74) is 4.77. The van der Waals surface area contributed by atoms with E-state index in [1.165, 1.54) is 4.90 Å². The molecule has 1 fully saturated rings. The van der Waals surface area contributed by atoms with Crippen LogP contribution in [0.4, 0.5) is 5.69 Å². The Balaban J connectivity index is 1.56. The van der Waals surface area contributed by atoms with Crippen molar-refractivity contribution in [1.29, 1.82) is 0 Å². The summed E-state index contributed by atoms with van der Waals surface area (Å²) in [4.78, 5) is 39.8. The maximum Gasteiger partial charge on any atom is 0.307 e. The number of hydrogen-bond donors (Lipinski definition) is 2. The molecule has 1 atom stereocenters. The molecule has 1 heterocycles. The van der Waals surface area contributed by atoms with Crippen molar-refractivity contribution in [3.05, 3.63) is 136 Å². The van der Waals surface area contributed by atoms with Gasteiger partial charge in [-0.1, -0.05) is 87.5 Å². The number of carbonyl (C=O) groups excluding carboxylic acids is 2. The van der Waals surface area contributed by atoms with Gasteiger partial charge < -0.3 is 14.9 Å². The van der Waals surface area contributed by atoms with Gasteiger partial charge in [0.1, 0.15) is 18.1 Å². The molecule has 0 saturated carbocycles. The maximum atomic E-state index is 13.6. The number of carboxylic acid groups (broad SMARTS) is 1. The van der Waals surface area contributed by atoms with Gasteiger partial charge in [-0.15, -0.1) is 0 Å². The fraction of sp³-hybridized carbons (Fsp3) is 0.216. The van der Waals surface area contributed by atoms with Gasteiger partial charge in [-0.05, 0) is 70.5 Å². The number of aryl methyl sites for hydroxylation is 1. The van der Waals surface area contributed by atoms with Crippen LogP contribution in [0.15, 0.2) is 103 Å². The minimum absolute atomic E-state index is 0.0227. The van der Waals surface area contributed by atoms with Crippen molar-refractivity contribution in [2.45, 2.75) is 52.2 Å². The first-order valence-electron chi connectivity index (χ1n) is 14.4. The minimum atomic E-state index is -0.969. The average Bonchev–Trinajstić information content (AvgIpc) is 3.26. The number of aliphatic hydroxyl groups excluding tert-OH is 1. The summed E-state index contributed by atoms with van der Waals surface area (Å²) in [6.45, 7) is 8.54. The highest BCUT2D eigenvalue weighted by Crippen LogP contribution is 2.43. The molecule has 0 bridgehead atoms. The molecule has 44 heavy (non-hydrogen) atoms. The van der Waals surface area contributed by atoms with Crippen LogP contribution in [0.1, 0.15) is 60.2 Å². The Labute approximate surface area is 257 Å². The average molecular weight is 590 g/mol. The van der Waals surface area contributed by atoms with E-state index < -0.39 is 23.7 Å². The highest BCUT2D eigenvalue weighted by atomic mass is 16.5. The monoisotopic (exact) mass is 589 g/mol. The number of aliphatic carboxylic acids is 1. The van der Waals surface area contributed by atoms with Gasteiger partial charge in [-0.25, -0.2) is 0 Å². The molecule has 5 rings (SSSR count). The van der Waals surface area contributed by atoms with Gasteiger partial charge in [0.15, 0.2) is 0 Å². The lowest BCUT2D eigenvalue weighted by molar-refractivity contribution is -0.136. The van der Waals surface area contributed by atoms with Crippen LogP contribution in [0.25, 0.3) is 5.76 Å². The molecular formula is C37H35NO6. The topological polar surface area (TPSA) is 104 Å². The molecular weight excluding hydrogens is 554 g/mol. The molecule has 1 unspecified atom stereocenters. The van der Waals surface area contributed by atoms with Crippen LogP contribution in [0.2, 0.25) is 0 Å². The predicted molar refractivity (Wildman–Crippen MR) is 170 cm³/mol. The quantitative estimate of drug-likeness (QED) is 0.129. The number of anilines is 1. The van der Waals surface area contributed by atoms with Crippen molar-refractivity contribution in [2.75, 3.05) is 4.90 Å². The van der Waals surface area contributed by atoms with Gasteiger partial charge in [-0.3, -0.25) is 19.3 Å². The number of aliphatic hydroxyl groups is 1. The summed E-state index contributed by atoms with van der Waals surface area (Å²) in [7, 11) is 0. The minimum Gasteiger partial charge on any atom is -0.507 e. The Kier molecular flexibility index (Phi) is 8.41. The number of hydrogen-bond acceptors (Lipinski definition) is 5. The lowest BCUT2D eigenvalue weighted by atomic mass is 9.85. The van der Waals surface area contributed by atoms with E-state index in [1.807, 2.05) is 61.5 Å². The van der Waals surface area contributed by atoms with Crippen molar-refractivity contribution in [1.82, 2.24) is 0 Å². The molecule has 1 aliphatic rings. The maximum absolute atomic E-state index is 13.6. The highest BCUT2D eigenvalue weighted by Gasteiger charge is 2.47. The predicted octanol–water partition coefficient (Wildman–Crippen LogP) is 7.12. The molecule has 0 spiro atoms. The second kappa shape index (κ2) is 12.2. The lowest BCUT2D eigenvalue weighted by Gasteiger charge is -2.27. The van der Waals surface area contributed by atoms with E-state index in [1.54, 1.807) is 42.5 Å². The number of carboxylic acids is 1. The van der Waals surface area contributed by atoms with E-state index in [-0.39, 0.29) is 23.2 Å². The fourth-order valence-corrected chi connectivity index (χ4v) is 5.38. The summed E-state index contributed by atoms with van der Waals surface area (Å²) in [6, 6.07) is 28.2. The molecule has 7 heteroatoms. The van der Waals surface area contributed by atoms with Crippen LogP contribution < -0.4 is 9.64 Å². The lowest BCUT2D eigenvalue weighted by Crippen LogP contribution is -2.29. The Morgan fingerprint density at radius 2 is 1.50 bits per heavy atom. The van der Waals surface area contributed by atoms with Crippen LogP contribution in [0, 0.1) is 6.92 Å². The number of nitrogens with zero attached hydrogens (tertiary/aromatic N) is 1. The summed E-state index contributed by atoms with van der Waals surface area (Å²) < 4.78 is 6.00. The largest absolute Gasteiger partial charge is 0.507 e. The van der Waals surface area contributed by atoms with Crippen molar-refractivity contribution < 1.29 is 29.3 Å². The van der Waals surface area contributed by atoms with Gasteiger partial charge in [0.2, 0.25) is 0 Å². The third-order valence-corrected chi connectivity index (χ3v) is 7.79. The Bertz CT molecular complexity index is 1730. The van der Waals surface area contributed by atoms with Gasteiger partial charge in [0.25, 0.3) is 11.7 Å². The van der Waals surface area contributed by atoms with E-state index in [0.29, 0.717) is 34.7 Å². The number of ether oxygens (including phenoxy) is 1. The van der Waals surface area contributed by atoms with Gasteiger partial charge in [0.05, 0.1) is 18.0 Å². The smallest absolute Gasteiger partial charge is 0.307 e. The van der Waals surface area contributed by atoms with Crippen LogP contribution in [0.5, 0.6) is 5.75 Å². The van der Waals surface area contributed by atoms with Crippen LogP contribution in [-0.2, 0) is 32.8 Å². The zero-order valence-electron chi connectivity index (χ0n) is 25.2. The Hall–Kier alpha value is -5.17. The molecule has 1 saturated heterocycles. The van der Waals surface area contributed by atoms with Gasteiger partial charge in [0, 0.05) is 11.3 Å². The molecule has 4 aromatic carbocycles. The van der Waals surface area contributed by atoms with Gasteiger partial charge in [-0.2, -0.15) is 0 Å². The van der Waals surface area contributed by atoms with Crippen molar-refractivity contribution in [2.24, 2.45) is 0 Å². The number of benzene rings is 4. The highest BCUT2D eigenvalue weighted by molar-refractivity contribution is 6.51. The first kappa shape index (κ1) is 30.3. The normalized spacial score (nSPS) is 16.3. The van der Waals surface area contributed by atoms with Crippen molar-refractivity contribution in [3.63, 3.8) is 0 Å². The van der Waals surface area contributed by atoms with E-state index in [9.17, 15) is 19.5 Å². The molecule has 7 nitrogen and oxygen atoms in total. The van der Waals surface area contributed by atoms with E-state index in [4.69, 9.17) is 9.84 Å². The van der Waals surface area contributed by atoms with Crippen molar-refractivity contribution >= 4 is 29.1 Å². The molecule has 2 N–H and O–H groups in total. The SMILES string of the molecule is Cc1cc(/C(O)=C2/C(=O)C(=O)N(c3ccc(CC(=O)O)cc3)C2c2ccc(C(C)(C)C)cc2)ccc1OCc1ccccc1. The van der Waals surface area contributed by atoms with E-state index in [0.717, 1.165) is 16.7 Å². The van der Waals surface area contributed by atoms with Crippen LogP contribution in [0.3, 0.4) is 0 Å². The fourth-order valence-electron chi connectivity index (χ4n) is 5.38. The number of rotatable bonds is 8. The number of Topliss-reactive ketones (excluding diaryl/α,β-unsaturated/α-hetero) is 1. The van der Waals surface area contributed by atoms with E-state index >= 15 is 0 Å². The third kappa shape index (κ3) is 6.27. The molecule has 1 aliphatic heterocycles. The van der Waals surface area contributed by atoms with Crippen LogP contribution >= 0.6 is 0 Å². The molecule has 0 aromatic heterocycles. The molecule has 0 aliphatic carbocycles. The van der Waals surface area contributed by atoms with Gasteiger partial charge >= 0.3 is 5.97 Å². The van der Waals surface area contributed by atoms with E-state index in [2.05, 4.69) is 20.8 Å². The second-order valence-corrected chi connectivity index (χ2v) is 12.0. The number of carbonyl (C=O) groups is 3. The Morgan fingerprint density at radius 3 is 2.09 bits per heavy atom. The van der Waals surface area contributed by atoms with Crippen molar-refractivity contribution in [3.8, 4) is 5.75 Å². The summed E-state index contributed by atoms with van der Waals surface area (Å²) >= 11 is 0.